The number of nitrogens with one attached hydrogen (secondary N) is 2. The molecule has 2 heterocycles. The van der Waals surface area contributed by atoms with Gasteiger partial charge in [-0.1, -0.05) is 74.5 Å². The Labute approximate surface area is 272 Å². The lowest BCUT2D eigenvalue weighted by atomic mass is 9.96. The Morgan fingerprint density at radius 3 is 2.22 bits per heavy atom. The Kier molecular flexibility index (Phi) is 13.8. The summed E-state index contributed by atoms with van der Waals surface area (Å²) in [5.41, 5.74) is 9.77. The minimum atomic E-state index is -0.680. The van der Waals surface area contributed by atoms with E-state index in [1.165, 1.54) is 5.56 Å². The summed E-state index contributed by atoms with van der Waals surface area (Å²) >= 11 is 1.61. The number of hydrogen-bond donors (Lipinski definition) is 3. The molecule has 0 bridgehead atoms. The van der Waals surface area contributed by atoms with Crippen LogP contribution < -0.4 is 16.4 Å². The number of urea groups is 1. The van der Waals surface area contributed by atoms with Crippen molar-refractivity contribution in [1.29, 1.82) is 0 Å². The molecule has 0 saturated carbocycles. The Hall–Kier alpha value is -3.31. The molecule has 9 nitrogen and oxygen atoms in total. The number of benzene rings is 2. The van der Waals surface area contributed by atoms with E-state index in [0.29, 0.717) is 45.1 Å². The third-order valence-electron chi connectivity index (χ3n) is 8.16. The lowest BCUT2D eigenvalue weighted by Crippen LogP contribution is -2.54. The first-order valence-electron chi connectivity index (χ1n) is 16.2. The first-order valence-corrected chi connectivity index (χ1v) is 17.0. The number of nitrogens with two attached hydrogens (primary N) is 1. The molecule has 2 aromatic carbocycles. The van der Waals surface area contributed by atoms with E-state index in [1.807, 2.05) is 41.8 Å². The second-order valence-electron chi connectivity index (χ2n) is 12.4. The van der Waals surface area contributed by atoms with Crippen molar-refractivity contribution in [3.63, 3.8) is 0 Å². The van der Waals surface area contributed by atoms with Crippen molar-refractivity contribution >= 4 is 23.3 Å². The highest BCUT2D eigenvalue weighted by Crippen LogP contribution is 2.20. The van der Waals surface area contributed by atoms with E-state index in [2.05, 4.69) is 58.6 Å². The number of aromatic nitrogens is 1. The van der Waals surface area contributed by atoms with E-state index in [1.54, 1.807) is 23.3 Å². The van der Waals surface area contributed by atoms with Crippen LogP contribution in [-0.2, 0) is 28.9 Å². The summed E-state index contributed by atoms with van der Waals surface area (Å²) in [6.07, 6.45) is 3.49. The Balaban J connectivity index is 1.42. The van der Waals surface area contributed by atoms with E-state index in [-0.39, 0.29) is 24.0 Å². The minimum Gasteiger partial charge on any atom is -0.379 e. The molecule has 3 aromatic rings. The van der Waals surface area contributed by atoms with Crippen LogP contribution in [-0.4, -0.2) is 84.7 Å². The summed E-state index contributed by atoms with van der Waals surface area (Å²) in [6, 6.07) is 19.3. The summed E-state index contributed by atoms with van der Waals surface area (Å²) in [4.78, 5) is 35.8. The number of rotatable bonds is 16. The average molecular weight is 635 g/mol. The molecule has 4 rings (SSSR count). The molecule has 1 fully saturated rings. The lowest BCUT2D eigenvalue weighted by Gasteiger charge is -2.30. The molecule has 0 aliphatic carbocycles. The SMILES string of the molecule is CC(C)c1nc(CN(C)C(=O)NC(CCN2CCOCC2)C(=O)N[C@H](CC[C@@H](N)Cc2ccccc2)Cc2ccccc2)cs1. The smallest absolute Gasteiger partial charge is 0.318 e. The van der Waals surface area contributed by atoms with Gasteiger partial charge in [0.15, 0.2) is 0 Å². The van der Waals surface area contributed by atoms with Crippen molar-refractivity contribution in [2.45, 2.75) is 76.5 Å². The highest BCUT2D eigenvalue weighted by atomic mass is 32.1. The van der Waals surface area contributed by atoms with Crippen molar-refractivity contribution < 1.29 is 14.3 Å². The Bertz CT molecular complexity index is 1300. The summed E-state index contributed by atoms with van der Waals surface area (Å²) in [5.74, 6) is 0.172. The topological polar surface area (TPSA) is 113 Å². The molecule has 1 unspecified atom stereocenters. The fraction of sp³-hybridized carbons (Fsp3) is 0.514. The van der Waals surface area contributed by atoms with Gasteiger partial charge in [0.1, 0.15) is 6.04 Å². The van der Waals surface area contributed by atoms with Gasteiger partial charge in [-0.05, 0) is 43.2 Å². The van der Waals surface area contributed by atoms with Gasteiger partial charge in [-0.2, -0.15) is 0 Å². The number of carbonyl (C=O) groups excluding carboxylic acids is 2. The molecule has 0 radical (unpaired) electrons. The van der Waals surface area contributed by atoms with Gasteiger partial charge in [0.25, 0.3) is 0 Å². The standard InChI is InChI=1S/C35H50N6O3S/c1-26(2)34-38-31(25-45-34)24-40(3)35(43)39-32(16-17-41-18-20-44-21-19-41)33(42)37-30(23-28-12-8-5-9-13-28)15-14-29(36)22-27-10-6-4-7-11-27/h4-13,25-26,29-30,32H,14-24,36H2,1-3H3,(H,37,42)(H,39,43)/t29-,30-,32?/m1/s1. The second kappa shape index (κ2) is 18.0. The van der Waals surface area contributed by atoms with Crippen LogP contribution >= 0.6 is 11.3 Å². The molecule has 1 aliphatic heterocycles. The van der Waals surface area contributed by atoms with Crippen molar-refractivity contribution in [1.82, 2.24) is 25.4 Å². The van der Waals surface area contributed by atoms with Crippen molar-refractivity contribution in [3.8, 4) is 0 Å². The van der Waals surface area contributed by atoms with Gasteiger partial charge < -0.3 is 26.0 Å². The first kappa shape index (κ1) is 34.6. The molecule has 1 saturated heterocycles. The molecule has 0 spiro atoms. The molecule has 1 aliphatic rings. The highest BCUT2D eigenvalue weighted by molar-refractivity contribution is 7.09. The fourth-order valence-corrected chi connectivity index (χ4v) is 6.33. The van der Waals surface area contributed by atoms with Gasteiger partial charge in [-0.25, -0.2) is 9.78 Å². The van der Waals surface area contributed by atoms with Gasteiger partial charge in [0, 0.05) is 50.1 Å². The van der Waals surface area contributed by atoms with Crippen LogP contribution in [0.15, 0.2) is 66.0 Å². The summed E-state index contributed by atoms with van der Waals surface area (Å²) < 4.78 is 5.50. The largest absolute Gasteiger partial charge is 0.379 e. The predicted octanol–water partition coefficient (Wildman–Crippen LogP) is 4.58. The Morgan fingerprint density at radius 2 is 1.60 bits per heavy atom. The zero-order valence-corrected chi connectivity index (χ0v) is 27.8. The number of hydrogen-bond acceptors (Lipinski definition) is 7. The number of nitrogens with zero attached hydrogens (tertiary/aromatic N) is 3. The molecule has 45 heavy (non-hydrogen) atoms. The van der Waals surface area contributed by atoms with E-state index < -0.39 is 6.04 Å². The third-order valence-corrected chi connectivity index (χ3v) is 9.35. The van der Waals surface area contributed by atoms with E-state index in [9.17, 15) is 9.59 Å². The summed E-state index contributed by atoms with van der Waals surface area (Å²) in [6.45, 7) is 8.29. The fourth-order valence-electron chi connectivity index (χ4n) is 5.50. The predicted molar refractivity (Wildman–Crippen MR) is 181 cm³/mol. The molecule has 4 N–H and O–H groups in total. The summed E-state index contributed by atoms with van der Waals surface area (Å²) in [7, 11) is 1.74. The molecule has 1 aromatic heterocycles. The van der Waals surface area contributed by atoms with Crippen LogP contribution in [0.2, 0.25) is 0 Å². The minimum absolute atomic E-state index is 0.0185. The van der Waals surface area contributed by atoms with Gasteiger partial charge >= 0.3 is 6.03 Å². The maximum atomic E-state index is 13.9. The normalized spacial score (nSPS) is 15.8. The molecule has 3 atom stereocenters. The van der Waals surface area contributed by atoms with Crippen LogP contribution in [0.1, 0.15) is 60.9 Å². The van der Waals surface area contributed by atoms with E-state index in [0.717, 1.165) is 48.6 Å². The zero-order chi connectivity index (χ0) is 32.0. The van der Waals surface area contributed by atoms with Crippen LogP contribution in [0, 0.1) is 0 Å². The monoisotopic (exact) mass is 634 g/mol. The molecule has 3 amide bonds. The second-order valence-corrected chi connectivity index (χ2v) is 13.2. The Morgan fingerprint density at radius 1 is 0.956 bits per heavy atom. The molecular weight excluding hydrogens is 584 g/mol. The molecule has 244 valence electrons. The number of ether oxygens (including phenoxy) is 1. The number of morpholine rings is 1. The van der Waals surface area contributed by atoms with Crippen molar-refractivity contribution in [3.05, 3.63) is 87.9 Å². The maximum Gasteiger partial charge on any atom is 0.318 e. The van der Waals surface area contributed by atoms with Crippen molar-refractivity contribution in [2.75, 3.05) is 39.9 Å². The van der Waals surface area contributed by atoms with Gasteiger partial charge in [-0.3, -0.25) is 9.69 Å². The summed E-state index contributed by atoms with van der Waals surface area (Å²) in [5, 5.41) is 9.39. The van der Waals surface area contributed by atoms with Crippen LogP contribution in [0.3, 0.4) is 0 Å². The van der Waals surface area contributed by atoms with Crippen molar-refractivity contribution in [2.24, 2.45) is 5.73 Å². The highest BCUT2D eigenvalue weighted by Gasteiger charge is 2.26. The van der Waals surface area contributed by atoms with Gasteiger partial charge in [0.05, 0.1) is 30.5 Å². The average Bonchev–Trinajstić information content (AvgIpc) is 3.52. The number of thiazole rings is 1. The van der Waals surface area contributed by atoms with Gasteiger partial charge in [-0.15, -0.1) is 11.3 Å². The van der Waals surface area contributed by atoms with Crippen LogP contribution in [0.25, 0.3) is 0 Å². The molecular formula is C35H50N6O3S. The third kappa shape index (κ3) is 11.9. The molecule has 10 heteroatoms. The van der Waals surface area contributed by atoms with E-state index in [4.69, 9.17) is 10.5 Å². The zero-order valence-electron chi connectivity index (χ0n) is 27.0. The maximum absolute atomic E-state index is 13.9. The number of carbonyl (C=O) groups is 2. The quantitative estimate of drug-likeness (QED) is 0.213. The van der Waals surface area contributed by atoms with Crippen LogP contribution in [0.5, 0.6) is 0 Å². The lowest BCUT2D eigenvalue weighted by molar-refractivity contribution is -0.124. The number of amides is 3. The van der Waals surface area contributed by atoms with E-state index >= 15 is 0 Å². The van der Waals surface area contributed by atoms with Crippen LogP contribution in [0.4, 0.5) is 4.79 Å². The first-order chi connectivity index (χ1) is 21.8. The van der Waals surface area contributed by atoms with Gasteiger partial charge in [0.2, 0.25) is 5.91 Å².